The zero-order chi connectivity index (χ0) is 12.1. The Morgan fingerprint density at radius 1 is 1.31 bits per heavy atom. The molecule has 0 aliphatic rings. The highest BCUT2D eigenvalue weighted by Gasteiger charge is 2.10. The molecule has 0 spiro atoms. The van der Waals surface area contributed by atoms with Gasteiger partial charge in [-0.1, -0.05) is 26.0 Å². The normalized spacial score (nSPS) is 10.8. The van der Waals surface area contributed by atoms with E-state index in [9.17, 15) is 13.6 Å². The minimum atomic E-state index is -0.853. The van der Waals surface area contributed by atoms with Crippen LogP contribution in [-0.4, -0.2) is 5.78 Å². The molecule has 0 aliphatic carbocycles. The second-order valence-corrected chi connectivity index (χ2v) is 4.35. The Balaban J connectivity index is 2.55. The van der Waals surface area contributed by atoms with Crippen LogP contribution >= 0.6 is 0 Å². The van der Waals surface area contributed by atoms with Gasteiger partial charge in [0.15, 0.2) is 11.6 Å². The van der Waals surface area contributed by atoms with Crippen LogP contribution in [0.4, 0.5) is 8.78 Å². The molecule has 3 heteroatoms. The summed E-state index contributed by atoms with van der Waals surface area (Å²) in [5.41, 5.74) is 0.275. The minimum absolute atomic E-state index is 0.0960. The highest BCUT2D eigenvalue weighted by atomic mass is 19.2. The SMILES string of the molecule is CC(C)CC(=O)CCc1cccc(F)c1F. The number of aryl methyl sites for hydroxylation is 1. The van der Waals surface area contributed by atoms with E-state index in [1.165, 1.54) is 12.1 Å². The largest absolute Gasteiger partial charge is 0.300 e. The molecule has 0 aliphatic heterocycles. The molecule has 0 heterocycles. The fraction of sp³-hybridized carbons (Fsp3) is 0.462. The van der Waals surface area contributed by atoms with Gasteiger partial charge in [-0.25, -0.2) is 8.78 Å². The lowest BCUT2D eigenvalue weighted by atomic mass is 10.0. The standard InChI is InChI=1S/C13H16F2O/c1-9(2)8-11(16)7-6-10-4-3-5-12(14)13(10)15/h3-5,9H,6-8H2,1-2H3. The first kappa shape index (κ1) is 12.8. The van der Waals surface area contributed by atoms with Crippen molar-refractivity contribution in [2.24, 2.45) is 5.92 Å². The van der Waals surface area contributed by atoms with E-state index in [4.69, 9.17) is 0 Å². The van der Waals surface area contributed by atoms with Crippen LogP contribution in [0.15, 0.2) is 18.2 Å². The third-order valence-corrected chi connectivity index (χ3v) is 2.34. The number of benzene rings is 1. The molecular weight excluding hydrogens is 210 g/mol. The molecule has 1 aromatic rings. The van der Waals surface area contributed by atoms with E-state index >= 15 is 0 Å². The summed E-state index contributed by atoms with van der Waals surface area (Å²) >= 11 is 0. The second kappa shape index (κ2) is 5.73. The van der Waals surface area contributed by atoms with E-state index in [0.29, 0.717) is 12.3 Å². The van der Waals surface area contributed by atoms with Crippen LogP contribution in [0.1, 0.15) is 32.3 Å². The van der Waals surface area contributed by atoms with Gasteiger partial charge in [0.2, 0.25) is 0 Å². The molecule has 0 bridgehead atoms. The first-order valence-corrected chi connectivity index (χ1v) is 5.45. The van der Waals surface area contributed by atoms with Gasteiger partial charge in [0, 0.05) is 12.8 Å². The van der Waals surface area contributed by atoms with Crippen LogP contribution in [0, 0.1) is 17.6 Å². The van der Waals surface area contributed by atoms with Gasteiger partial charge in [0.1, 0.15) is 5.78 Å². The molecule has 0 N–H and O–H groups in total. The Kier molecular flexibility index (Phi) is 4.59. The third-order valence-electron chi connectivity index (χ3n) is 2.34. The number of hydrogen-bond acceptors (Lipinski definition) is 1. The summed E-state index contributed by atoms with van der Waals surface area (Å²) in [7, 11) is 0. The van der Waals surface area contributed by atoms with E-state index in [1.54, 1.807) is 0 Å². The van der Waals surface area contributed by atoms with Crippen LogP contribution in [0.25, 0.3) is 0 Å². The first-order valence-electron chi connectivity index (χ1n) is 5.45. The number of rotatable bonds is 5. The maximum Gasteiger partial charge on any atom is 0.162 e. The lowest BCUT2D eigenvalue weighted by Crippen LogP contribution is -2.05. The van der Waals surface area contributed by atoms with Crippen molar-refractivity contribution in [1.82, 2.24) is 0 Å². The van der Waals surface area contributed by atoms with Gasteiger partial charge < -0.3 is 0 Å². The topological polar surface area (TPSA) is 17.1 Å². The van der Waals surface area contributed by atoms with Gasteiger partial charge in [0.25, 0.3) is 0 Å². The van der Waals surface area contributed by atoms with Crippen molar-refractivity contribution in [2.45, 2.75) is 33.1 Å². The average Bonchev–Trinajstić information content (AvgIpc) is 2.19. The van der Waals surface area contributed by atoms with E-state index in [1.807, 2.05) is 13.8 Å². The summed E-state index contributed by atoms with van der Waals surface area (Å²) < 4.78 is 26.1. The van der Waals surface area contributed by atoms with E-state index in [2.05, 4.69) is 0 Å². The first-order chi connectivity index (χ1) is 7.50. The van der Waals surface area contributed by atoms with E-state index in [-0.39, 0.29) is 24.2 Å². The van der Waals surface area contributed by atoms with Crippen molar-refractivity contribution in [2.75, 3.05) is 0 Å². The fourth-order valence-electron chi connectivity index (χ4n) is 1.57. The second-order valence-electron chi connectivity index (χ2n) is 4.35. The number of ketones is 1. The molecule has 1 aromatic carbocycles. The molecule has 16 heavy (non-hydrogen) atoms. The molecule has 0 atom stereocenters. The molecule has 0 amide bonds. The highest BCUT2D eigenvalue weighted by molar-refractivity contribution is 5.78. The molecule has 0 saturated carbocycles. The minimum Gasteiger partial charge on any atom is -0.300 e. The Bertz CT molecular complexity index is 372. The molecule has 0 saturated heterocycles. The number of Topliss-reactive ketones (excluding diaryl/α,β-unsaturated/α-hetero) is 1. The summed E-state index contributed by atoms with van der Waals surface area (Å²) in [5, 5.41) is 0. The highest BCUT2D eigenvalue weighted by Crippen LogP contribution is 2.14. The molecular formula is C13H16F2O. The Labute approximate surface area is 94.5 Å². The van der Waals surface area contributed by atoms with E-state index < -0.39 is 11.6 Å². The Morgan fingerprint density at radius 2 is 2.00 bits per heavy atom. The average molecular weight is 226 g/mol. The van der Waals surface area contributed by atoms with Crippen molar-refractivity contribution < 1.29 is 13.6 Å². The predicted molar refractivity (Wildman–Crippen MR) is 59.1 cm³/mol. The van der Waals surface area contributed by atoms with Gasteiger partial charge in [-0.2, -0.15) is 0 Å². The molecule has 0 unspecified atom stereocenters. The molecule has 1 rings (SSSR count). The van der Waals surface area contributed by atoms with Gasteiger partial charge in [-0.05, 0) is 24.0 Å². The fourth-order valence-corrected chi connectivity index (χ4v) is 1.57. The lowest BCUT2D eigenvalue weighted by Gasteiger charge is -2.05. The van der Waals surface area contributed by atoms with Crippen LogP contribution in [-0.2, 0) is 11.2 Å². The Morgan fingerprint density at radius 3 is 2.62 bits per heavy atom. The summed E-state index contributed by atoms with van der Waals surface area (Å²) in [6, 6.07) is 4.05. The molecule has 1 nitrogen and oxygen atoms in total. The lowest BCUT2D eigenvalue weighted by molar-refractivity contribution is -0.119. The molecule has 0 radical (unpaired) electrons. The summed E-state index contributed by atoms with van der Waals surface area (Å²) in [5.74, 6) is -1.28. The quantitative estimate of drug-likeness (QED) is 0.750. The zero-order valence-electron chi connectivity index (χ0n) is 9.59. The number of halogens is 2. The molecule has 0 aromatic heterocycles. The van der Waals surface area contributed by atoms with Gasteiger partial charge in [0.05, 0.1) is 0 Å². The smallest absolute Gasteiger partial charge is 0.162 e. The van der Waals surface area contributed by atoms with Gasteiger partial charge in [-0.3, -0.25) is 4.79 Å². The summed E-state index contributed by atoms with van der Waals surface area (Å²) in [6.07, 6.45) is 1.05. The number of carbonyl (C=O) groups is 1. The monoisotopic (exact) mass is 226 g/mol. The summed E-state index contributed by atoms with van der Waals surface area (Å²) in [6.45, 7) is 3.92. The summed E-state index contributed by atoms with van der Waals surface area (Å²) in [4.78, 5) is 11.4. The zero-order valence-corrected chi connectivity index (χ0v) is 9.59. The van der Waals surface area contributed by atoms with Gasteiger partial charge >= 0.3 is 0 Å². The van der Waals surface area contributed by atoms with Crippen molar-refractivity contribution >= 4 is 5.78 Å². The Hall–Kier alpha value is -1.25. The molecule has 0 fully saturated rings. The van der Waals surface area contributed by atoms with Crippen LogP contribution in [0.2, 0.25) is 0 Å². The van der Waals surface area contributed by atoms with Crippen LogP contribution < -0.4 is 0 Å². The van der Waals surface area contributed by atoms with Crippen LogP contribution in [0.5, 0.6) is 0 Å². The number of carbonyl (C=O) groups excluding carboxylic acids is 1. The molecule has 88 valence electrons. The maximum atomic E-state index is 13.2. The van der Waals surface area contributed by atoms with Gasteiger partial charge in [-0.15, -0.1) is 0 Å². The van der Waals surface area contributed by atoms with E-state index in [0.717, 1.165) is 6.07 Å². The van der Waals surface area contributed by atoms with Crippen molar-refractivity contribution in [3.63, 3.8) is 0 Å². The predicted octanol–water partition coefficient (Wildman–Crippen LogP) is 3.51. The van der Waals surface area contributed by atoms with Crippen LogP contribution in [0.3, 0.4) is 0 Å². The van der Waals surface area contributed by atoms with Crippen molar-refractivity contribution in [3.8, 4) is 0 Å². The number of hydrogen-bond donors (Lipinski definition) is 0. The third kappa shape index (κ3) is 3.72. The maximum absolute atomic E-state index is 13.2. The van der Waals surface area contributed by atoms with Crippen molar-refractivity contribution in [1.29, 1.82) is 0 Å². The van der Waals surface area contributed by atoms with Crippen molar-refractivity contribution in [3.05, 3.63) is 35.4 Å².